The highest BCUT2D eigenvalue weighted by molar-refractivity contribution is 6.38. The van der Waals surface area contributed by atoms with Crippen LogP contribution in [0.2, 0.25) is 0 Å². The first-order valence-electron chi connectivity index (χ1n) is 10.4. The van der Waals surface area contributed by atoms with Crippen molar-refractivity contribution in [3.8, 4) is 0 Å². The van der Waals surface area contributed by atoms with E-state index in [0.29, 0.717) is 40.1 Å². The van der Waals surface area contributed by atoms with Gasteiger partial charge in [0.25, 0.3) is 11.8 Å². The Balaban J connectivity index is 1.51. The van der Waals surface area contributed by atoms with Crippen LogP contribution in [0.3, 0.4) is 0 Å². The number of hydrogen-bond acceptors (Lipinski definition) is 4. The van der Waals surface area contributed by atoms with E-state index < -0.39 is 0 Å². The van der Waals surface area contributed by atoms with Crippen molar-refractivity contribution in [3.05, 3.63) is 101 Å². The smallest absolute Gasteiger partial charge is 0.267 e. The fourth-order valence-electron chi connectivity index (χ4n) is 4.52. The SMILES string of the molecule is Cc1nn(Cc2ccccc2)c2ncc3c(c12)C(=O)N(c1cccc2ccccc12)C3=O. The predicted molar refractivity (Wildman–Crippen MR) is 123 cm³/mol. The van der Waals surface area contributed by atoms with Gasteiger partial charge in [-0.3, -0.25) is 9.59 Å². The largest absolute Gasteiger partial charge is 0.268 e. The second-order valence-corrected chi connectivity index (χ2v) is 7.92. The Kier molecular flexibility index (Phi) is 3.95. The molecule has 0 saturated carbocycles. The number of pyridine rings is 1. The molecule has 6 nitrogen and oxygen atoms in total. The van der Waals surface area contributed by atoms with E-state index in [0.717, 1.165) is 16.3 Å². The number of carbonyl (C=O) groups is 2. The highest BCUT2D eigenvalue weighted by Crippen LogP contribution is 2.36. The number of fused-ring (bicyclic) bond motifs is 4. The number of amides is 2. The van der Waals surface area contributed by atoms with Crippen LogP contribution in [0.5, 0.6) is 0 Å². The average molecular weight is 418 g/mol. The molecule has 32 heavy (non-hydrogen) atoms. The van der Waals surface area contributed by atoms with Gasteiger partial charge in [-0.1, -0.05) is 66.7 Å². The number of nitrogens with zero attached hydrogens (tertiary/aromatic N) is 4. The normalized spacial score (nSPS) is 13.3. The Bertz CT molecular complexity index is 1550. The second-order valence-electron chi connectivity index (χ2n) is 7.92. The third kappa shape index (κ3) is 2.59. The molecule has 154 valence electrons. The lowest BCUT2D eigenvalue weighted by Crippen LogP contribution is -2.29. The molecule has 2 aromatic heterocycles. The molecule has 0 aliphatic carbocycles. The zero-order chi connectivity index (χ0) is 21.8. The van der Waals surface area contributed by atoms with Gasteiger partial charge in [0.1, 0.15) is 0 Å². The van der Waals surface area contributed by atoms with Crippen LogP contribution < -0.4 is 4.90 Å². The molecular weight excluding hydrogens is 400 g/mol. The van der Waals surface area contributed by atoms with Gasteiger partial charge in [0.2, 0.25) is 0 Å². The molecule has 0 unspecified atom stereocenters. The molecule has 6 heteroatoms. The number of carbonyl (C=O) groups excluding carboxylic acids is 2. The van der Waals surface area contributed by atoms with Crippen LogP contribution in [0, 0.1) is 6.92 Å². The zero-order valence-corrected chi connectivity index (χ0v) is 17.3. The summed E-state index contributed by atoms with van der Waals surface area (Å²) in [6.07, 6.45) is 1.51. The standard InChI is InChI=1S/C26H18N4O2/c1-16-22-23-20(14-27-24(22)29(28-16)15-17-8-3-2-4-9-17)25(31)30(26(23)32)21-13-7-11-18-10-5-6-12-19(18)21/h2-14H,15H2,1H3. The molecular formula is C26H18N4O2. The molecule has 3 aromatic carbocycles. The van der Waals surface area contributed by atoms with Crippen LogP contribution in [0.4, 0.5) is 5.69 Å². The van der Waals surface area contributed by atoms with Crippen molar-refractivity contribution >= 4 is 39.3 Å². The summed E-state index contributed by atoms with van der Waals surface area (Å²) in [5.41, 5.74) is 3.64. The number of rotatable bonds is 3. The van der Waals surface area contributed by atoms with Gasteiger partial charge in [0.15, 0.2) is 5.65 Å². The first kappa shape index (κ1) is 18.4. The summed E-state index contributed by atoms with van der Waals surface area (Å²) in [6, 6.07) is 23.3. The third-order valence-electron chi connectivity index (χ3n) is 5.97. The molecule has 0 fully saturated rings. The predicted octanol–water partition coefficient (Wildman–Crippen LogP) is 4.74. The van der Waals surface area contributed by atoms with Gasteiger partial charge in [-0.05, 0) is 23.9 Å². The van der Waals surface area contributed by atoms with Crippen molar-refractivity contribution in [1.29, 1.82) is 0 Å². The van der Waals surface area contributed by atoms with Crippen LogP contribution in [0.1, 0.15) is 32.0 Å². The lowest BCUT2D eigenvalue weighted by Gasteiger charge is -2.16. The van der Waals surface area contributed by atoms with E-state index >= 15 is 0 Å². The Morgan fingerprint density at radius 3 is 2.44 bits per heavy atom. The molecule has 0 N–H and O–H groups in total. The number of hydrogen-bond donors (Lipinski definition) is 0. The third-order valence-corrected chi connectivity index (χ3v) is 5.97. The summed E-state index contributed by atoms with van der Waals surface area (Å²) in [5, 5.41) is 7.10. The van der Waals surface area contributed by atoms with Gasteiger partial charge >= 0.3 is 0 Å². The molecule has 0 spiro atoms. The van der Waals surface area contributed by atoms with Gasteiger partial charge in [-0.15, -0.1) is 0 Å². The summed E-state index contributed by atoms with van der Waals surface area (Å²) in [4.78, 5) is 32.8. The highest BCUT2D eigenvalue weighted by atomic mass is 16.2. The molecule has 3 heterocycles. The fourth-order valence-corrected chi connectivity index (χ4v) is 4.52. The minimum absolute atomic E-state index is 0.317. The molecule has 2 amide bonds. The number of benzene rings is 3. The van der Waals surface area contributed by atoms with Crippen LogP contribution >= 0.6 is 0 Å². The van der Waals surface area contributed by atoms with E-state index in [-0.39, 0.29) is 11.8 Å². The topological polar surface area (TPSA) is 68.1 Å². The van der Waals surface area contributed by atoms with Crippen molar-refractivity contribution in [2.24, 2.45) is 0 Å². The maximum Gasteiger partial charge on any atom is 0.267 e. The fraction of sp³-hybridized carbons (Fsp3) is 0.0769. The van der Waals surface area contributed by atoms with Crippen LogP contribution in [-0.2, 0) is 6.54 Å². The van der Waals surface area contributed by atoms with Crippen molar-refractivity contribution in [3.63, 3.8) is 0 Å². The lowest BCUT2D eigenvalue weighted by molar-refractivity contribution is 0.0927. The summed E-state index contributed by atoms with van der Waals surface area (Å²) in [5.74, 6) is -0.693. The Hall–Kier alpha value is -4.32. The molecule has 0 bridgehead atoms. The highest BCUT2D eigenvalue weighted by Gasteiger charge is 2.40. The first-order chi connectivity index (χ1) is 15.6. The summed E-state index contributed by atoms with van der Waals surface area (Å²) >= 11 is 0. The summed E-state index contributed by atoms with van der Waals surface area (Å²) in [6.45, 7) is 2.39. The van der Waals surface area contributed by atoms with E-state index in [1.807, 2.05) is 73.7 Å². The van der Waals surface area contributed by atoms with E-state index in [9.17, 15) is 9.59 Å². The van der Waals surface area contributed by atoms with Gasteiger partial charge < -0.3 is 0 Å². The summed E-state index contributed by atoms with van der Waals surface area (Å²) in [7, 11) is 0. The minimum atomic E-state index is -0.356. The summed E-state index contributed by atoms with van der Waals surface area (Å²) < 4.78 is 1.79. The molecule has 1 aliphatic heterocycles. The number of aromatic nitrogens is 3. The maximum atomic E-state index is 13.6. The Morgan fingerprint density at radius 2 is 1.59 bits per heavy atom. The van der Waals surface area contributed by atoms with Gasteiger partial charge in [-0.2, -0.15) is 5.10 Å². The van der Waals surface area contributed by atoms with Crippen molar-refractivity contribution in [2.75, 3.05) is 4.90 Å². The van der Waals surface area contributed by atoms with E-state index in [2.05, 4.69) is 10.1 Å². The molecule has 0 saturated heterocycles. The van der Waals surface area contributed by atoms with Crippen LogP contribution in [0.15, 0.2) is 79.0 Å². The zero-order valence-electron chi connectivity index (χ0n) is 17.3. The lowest BCUT2D eigenvalue weighted by atomic mass is 10.1. The number of imide groups is 1. The Morgan fingerprint density at radius 1 is 0.844 bits per heavy atom. The number of aryl methyl sites for hydroxylation is 1. The van der Waals surface area contributed by atoms with Gasteiger partial charge in [0.05, 0.1) is 34.4 Å². The van der Waals surface area contributed by atoms with E-state index in [4.69, 9.17) is 0 Å². The minimum Gasteiger partial charge on any atom is -0.268 e. The Labute approximate surface area is 183 Å². The molecule has 1 aliphatic rings. The van der Waals surface area contributed by atoms with Crippen LogP contribution in [0.25, 0.3) is 21.8 Å². The second kappa shape index (κ2) is 6.85. The van der Waals surface area contributed by atoms with Crippen LogP contribution in [-0.4, -0.2) is 26.6 Å². The maximum absolute atomic E-state index is 13.6. The van der Waals surface area contributed by atoms with E-state index in [1.165, 1.54) is 11.1 Å². The molecule has 0 radical (unpaired) electrons. The monoisotopic (exact) mass is 418 g/mol. The average Bonchev–Trinajstić information content (AvgIpc) is 3.27. The quantitative estimate of drug-likeness (QED) is 0.397. The van der Waals surface area contributed by atoms with Crippen molar-refractivity contribution in [1.82, 2.24) is 14.8 Å². The van der Waals surface area contributed by atoms with Crippen molar-refractivity contribution in [2.45, 2.75) is 13.5 Å². The van der Waals surface area contributed by atoms with Gasteiger partial charge in [0, 0.05) is 11.6 Å². The van der Waals surface area contributed by atoms with Crippen molar-refractivity contribution < 1.29 is 9.59 Å². The van der Waals surface area contributed by atoms with E-state index in [1.54, 1.807) is 10.7 Å². The first-order valence-corrected chi connectivity index (χ1v) is 10.4. The molecule has 0 atom stereocenters. The van der Waals surface area contributed by atoms with Gasteiger partial charge in [-0.25, -0.2) is 14.6 Å². The molecule has 6 rings (SSSR count). The molecule has 5 aromatic rings. The number of anilines is 1.